The molecule has 3 heteroatoms. The second-order valence-electron chi connectivity index (χ2n) is 4.95. The summed E-state index contributed by atoms with van der Waals surface area (Å²) >= 11 is 0. The lowest BCUT2D eigenvalue weighted by atomic mass is 10.0. The zero-order chi connectivity index (χ0) is 13.9. The molecule has 1 heterocycles. The number of fused-ring (bicyclic) bond motifs is 1. The second kappa shape index (κ2) is 5.37. The third-order valence-corrected chi connectivity index (χ3v) is 3.56. The van der Waals surface area contributed by atoms with Crippen LogP contribution in [-0.2, 0) is 12.8 Å². The second-order valence-corrected chi connectivity index (χ2v) is 4.95. The molecule has 102 valence electrons. The van der Waals surface area contributed by atoms with E-state index in [-0.39, 0.29) is 11.6 Å². The van der Waals surface area contributed by atoms with Crippen molar-refractivity contribution in [3.05, 3.63) is 71.7 Å². The Balaban J connectivity index is 1.77. The summed E-state index contributed by atoms with van der Waals surface area (Å²) in [4.78, 5) is 1.96. The molecule has 0 bridgehead atoms. The van der Waals surface area contributed by atoms with Crippen LogP contribution in [0, 0.1) is 5.82 Å². The van der Waals surface area contributed by atoms with Gasteiger partial charge in [0.2, 0.25) is 0 Å². The molecule has 0 saturated heterocycles. The van der Waals surface area contributed by atoms with Gasteiger partial charge < -0.3 is 10.0 Å². The highest BCUT2D eigenvalue weighted by Crippen LogP contribution is 2.29. The summed E-state index contributed by atoms with van der Waals surface area (Å²) in [6.07, 6.45) is 5.59. The van der Waals surface area contributed by atoms with E-state index in [1.807, 2.05) is 29.3 Å². The van der Waals surface area contributed by atoms with Crippen LogP contribution in [-0.4, -0.2) is 11.7 Å². The summed E-state index contributed by atoms with van der Waals surface area (Å²) in [5.74, 6) is 0.0977. The minimum absolute atomic E-state index is 0.169. The highest BCUT2D eigenvalue weighted by Gasteiger charge is 2.16. The van der Waals surface area contributed by atoms with E-state index in [0.717, 1.165) is 30.5 Å². The van der Waals surface area contributed by atoms with Gasteiger partial charge in [0, 0.05) is 12.7 Å². The Hall–Kier alpha value is -2.29. The van der Waals surface area contributed by atoms with Crippen LogP contribution in [0.1, 0.15) is 11.1 Å². The molecular weight excluding hydrogens is 253 g/mol. The van der Waals surface area contributed by atoms with E-state index in [1.54, 1.807) is 18.2 Å². The van der Waals surface area contributed by atoms with Crippen molar-refractivity contribution >= 4 is 5.69 Å². The molecule has 2 nitrogen and oxygen atoms in total. The molecule has 0 atom stereocenters. The number of aromatic hydroxyl groups is 1. The molecule has 1 N–H and O–H groups in total. The molecule has 0 radical (unpaired) electrons. The highest BCUT2D eigenvalue weighted by atomic mass is 19.1. The normalized spacial score (nSPS) is 13.3. The molecule has 0 aliphatic carbocycles. The number of hydrogen-bond acceptors (Lipinski definition) is 2. The summed E-state index contributed by atoms with van der Waals surface area (Å²) in [6, 6.07) is 12.4. The Morgan fingerprint density at radius 2 is 1.90 bits per heavy atom. The first-order chi connectivity index (χ1) is 9.74. The summed E-state index contributed by atoms with van der Waals surface area (Å²) in [7, 11) is 0. The zero-order valence-corrected chi connectivity index (χ0v) is 11.1. The topological polar surface area (TPSA) is 23.5 Å². The summed E-state index contributed by atoms with van der Waals surface area (Å²) < 4.78 is 14.0. The molecule has 0 amide bonds. The van der Waals surface area contributed by atoms with Crippen molar-refractivity contribution in [3.63, 3.8) is 0 Å². The molecule has 2 aromatic carbocycles. The van der Waals surface area contributed by atoms with Crippen LogP contribution in [0.4, 0.5) is 10.1 Å². The quantitative estimate of drug-likeness (QED) is 0.919. The standard InChI is InChI=1S/C17H16FNO/c18-16-5-1-3-14-4-2-11-19(17(14)16)12-10-13-6-8-15(20)9-7-13/h1-3,5-9,11,20H,4,10,12H2. The first-order valence-electron chi connectivity index (χ1n) is 6.72. The number of allylic oxidation sites excluding steroid dienone is 1. The van der Waals surface area contributed by atoms with Crippen molar-refractivity contribution < 1.29 is 9.50 Å². The minimum Gasteiger partial charge on any atom is -0.508 e. The molecule has 0 aromatic heterocycles. The van der Waals surface area contributed by atoms with Gasteiger partial charge in [0.05, 0.1) is 5.69 Å². The molecular formula is C17H16FNO. The summed E-state index contributed by atoms with van der Waals surface area (Å²) in [5, 5.41) is 9.27. The molecule has 1 aliphatic rings. The van der Waals surface area contributed by atoms with Crippen LogP contribution in [0.5, 0.6) is 5.75 Å². The number of phenols is 1. The lowest BCUT2D eigenvalue weighted by Gasteiger charge is -2.27. The lowest BCUT2D eigenvalue weighted by molar-refractivity contribution is 0.475. The van der Waals surface area contributed by atoms with E-state index in [4.69, 9.17) is 0 Å². The average Bonchev–Trinajstić information content (AvgIpc) is 2.47. The van der Waals surface area contributed by atoms with Gasteiger partial charge >= 0.3 is 0 Å². The Bertz CT molecular complexity index is 634. The maximum atomic E-state index is 14.0. The van der Waals surface area contributed by atoms with Gasteiger partial charge in [-0.25, -0.2) is 4.39 Å². The Kier molecular flexibility index (Phi) is 3.42. The van der Waals surface area contributed by atoms with Crippen molar-refractivity contribution in [1.82, 2.24) is 0 Å². The predicted octanol–water partition coefficient (Wildman–Crippen LogP) is 3.65. The number of para-hydroxylation sites is 1. The maximum absolute atomic E-state index is 14.0. The maximum Gasteiger partial charge on any atom is 0.147 e. The molecule has 0 spiro atoms. The van der Waals surface area contributed by atoms with Crippen LogP contribution >= 0.6 is 0 Å². The number of rotatable bonds is 3. The molecule has 3 rings (SSSR count). The average molecular weight is 269 g/mol. The fourth-order valence-corrected chi connectivity index (χ4v) is 2.53. The largest absolute Gasteiger partial charge is 0.508 e. The number of nitrogens with zero attached hydrogens (tertiary/aromatic N) is 1. The Labute approximate surface area is 117 Å². The van der Waals surface area contributed by atoms with Crippen molar-refractivity contribution in [2.45, 2.75) is 12.8 Å². The molecule has 20 heavy (non-hydrogen) atoms. The molecule has 2 aromatic rings. The third-order valence-electron chi connectivity index (χ3n) is 3.56. The predicted molar refractivity (Wildman–Crippen MR) is 78.4 cm³/mol. The van der Waals surface area contributed by atoms with Crippen molar-refractivity contribution in [3.8, 4) is 5.75 Å². The van der Waals surface area contributed by atoms with Gasteiger partial charge in [0.25, 0.3) is 0 Å². The van der Waals surface area contributed by atoms with Gasteiger partial charge in [0.15, 0.2) is 0 Å². The van der Waals surface area contributed by atoms with Gasteiger partial charge in [0.1, 0.15) is 11.6 Å². The van der Waals surface area contributed by atoms with E-state index >= 15 is 0 Å². The van der Waals surface area contributed by atoms with Gasteiger partial charge in [-0.05, 0) is 42.2 Å². The lowest BCUT2D eigenvalue weighted by Crippen LogP contribution is -2.24. The van der Waals surface area contributed by atoms with E-state index in [9.17, 15) is 9.50 Å². The van der Waals surface area contributed by atoms with E-state index in [2.05, 4.69) is 6.08 Å². The fourth-order valence-electron chi connectivity index (χ4n) is 2.53. The van der Waals surface area contributed by atoms with Crippen LogP contribution < -0.4 is 4.90 Å². The highest BCUT2D eigenvalue weighted by molar-refractivity contribution is 5.60. The minimum atomic E-state index is -0.169. The third kappa shape index (κ3) is 2.52. The Morgan fingerprint density at radius 3 is 2.70 bits per heavy atom. The molecule has 0 fully saturated rings. The van der Waals surface area contributed by atoms with E-state index in [1.165, 1.54) is 6.07 Å². The van der Waals surface area contributed by atoms with E-state index < -0.39 is 0 Å². The number of halogens is 1. The number of hydrogen-bond donors (Lipinski definition) is 1. The van der Waals surface area contributed by atoms with Crippen LogP contribution in [0.15, 0.2) is 54.7 Å². The molecule has 0 unspecified atom stereocenters. The van der Waals surface area contributed by atoms with Gasteiger partial charge in [-0.3, -0.25) is 0 Å². The van der Waals surface area contributed by atoms with Gasteiger partial charge in [-0.15, -0.1) is 0 Å². The SMILES string of the molecule is Oc1ccc(CCN2C=CCc3cccc(F)c32)cc1. The van der Waals surface area contributed by atoms with Crippen molar-refractivity contribution in [2.75, 3.05) is 11.4 Å². The molecule has 0 saturated carbocycles. The first kappa shape index (κ1) is 12.7. The van der Waals surface area contributed by atoms with Gasteiger partial charge in [-0.2, -0.15) is 0 Å². The number of benzene rings is 2. The summed E-state index contributed by atoms with van der Waals surface area (Å²) in [5.41, 5.74) is 2.84. The number of phenolic OH excluding ortho intramolecular Hbond substituents is 1. The van der Waals surface area contributed by atoms with Crippen LogP contribution in [0.2, 0.25) is 0 Å². The number of anilines is 1. The fraction of sp³-hybridized carbons (Fsp3) is 0.176. The van der Waals surface area contributed by atoms with E-state index in [0.29, 0.717) is 5.69 Å². The summed E-state index contributed by atoms with van der Waals surface area (Å²) in [6.45, 7) is 0.717. The van der Waals surface area contributed by atoms with Crippen molar-refractivity contribution in [2.24, 2.45) is 0 Å². The van der Waals surface area contributed by atoms with Crippen molar-refractivity contribution in [1.29, 1.82) is 0 Å². The smallest absolute Gasteiger partial charge is 0.147 e. The zero-order valence-electron chi connectivity index (χ0n) is 11.1. The van der Waals surface area contributed by atoms with Gasteiger partial charge in [-0.1, -0.05) is 30.3 Å². The van der Waals surface area contributed by atoms with Crippen LogP contribution in [0.25, 0.3) is 0 Å². The Morgan fingerprint density at radius 1 is 1.10 bits per heavy atom. The first-order valence-corrected chi connectivity index (χ1v) is 6.72. The van der Waals surface area contributed by atoms with Crippen LogP contribution in [0.3, 0.4) is 0 Å². The monoisotopic (exact) mass is 269 g/mol. The molecule has 1 aliphatic heterocycles.